The summed E-state index contributed by atoms with van der Waals surface area (Å²) in [6.07, 6.45) is 1.28. The van der Waals surface area contributed by atoms with Gasteiger partial charge in [0.25, 0.3) is 0 Å². The maximum atomic E-state index is 5.94. The molecule has 2 nitrogen and oxygen atoms in total. The van der Waals surface area contributed by atoms with Crippen molar-refractivity contribution in [1.82, 2.24) is 4.90 Å². The summed E-state index contributed by atoms with van der Waals surface area (Å²) in [7, 11) is 2.10. The summed E-state index contributed by atoms with van der Waals surface area (Å²) >= 11 is 5.86. The number of alkyl halides is 1. The van der Waals surface area contributed by atoms with Crippen molar-refractivity contribution in [1.29, 1.82) is 0 Å². The van der Waals surface area contributed by atoms with Gasteiger partial charge in [0.05, 0.1) is 0 Å². The standard InChI is InChI=1S/C14H20ClNO/c1-10-4-5-14-12(6-10)7-13(17-14)9-16(3)11(2)8-15/h4-6,11,13H,7-9H2,1-3H3. The molecule has 2 atom stereocenters. The van der Waals surface area contributed by atoms with Gasteiger partial charge in [0.2, 0.25) is 0 Å². The molecule has 0 aromatic heterocycles. The second kappa shape index (κ2) is 5.28. The van der Waals surface area contributed by atoms with E-state index >= 15 is 0 Å². The number of rotatable bonds is 4. The van der Waals surface area contributed by atoms with Gasteiger partial charge in [-0.25, -0.2) is 0 Å². The Labute approximate surface area is 109 Å². The molecule has 17 heavy (non-hydrogen) atoms. The zero-order chi connectivity index (χ0) is 12.4. The van der Waals surface area contributed by atoms with Crippen LogP contribution in [0.1, 0.15) is 18.1 Å². The molecule has 0 saturated heterocycles. The van der Waals surface area contributed by atoms with Gasteiger partial charge in [-0.05, 0) is 32.5 Å². The minimum Gasteiger partial charge on any atom is -0.488 e. The molecule has 0 bridgehead atoms. The molecular weight excluding hydrogens is 234 g/mol. The molecule has 1 aromatic carbocycles. The molecule has 0 spiro atoms. The second-order valence-corrected chi connectivity index (χ2v) is 5.31. The fourth-order valence-corrected chi connectivity index (χ4v) is 2.41. The summed E-state index contributed by atoms with van der Waals surface area (Å²) in [5, 5.41) is 0. The summed E-state index contributed by atoms with van der Waals surface area (Å²) in [6.45, 7) is 5.19. The summed E-state index contributed by atoms with van der Waals surface area (Å²) in [5.74, 6) is 1.71. The average Bonchev–Trinajstić information content (AvgIpc) is 2.69. The molecule has 0 amide bonds. The van der Waals surface area contributed by atoms with Crippen LogP contribution in [0.3, 0.4) is 0 Å². The van der Waals surface area contributed by atoms with Crippen molar-refractivity contribution in [3.8, 4) is 5.75 Å². The number of nitrogens with zero attached hydrogens (tertiary/aromatic N) is 1. The van der Waals surface area contributed by atoms with E-state index < -0.39 is 0 Å². The van der Waals surface area contributed by atoms with E-state index in [9.17, 15) is 0 Å². The number of hydrogen-bond donors (Lipinski definition) is 0. The van der Waals surface area contributed by atoms with E-state index in [-0.39, 0.29) is 6.10 Å². The van der Waals surface area contributed by atoms with Gasteiger partial charge in [0, 0.05) is 24.9 Å². The third kappa shape index (κ3) is 2.93. The first kappa shape index (κ1) is 12.7. The molecule has 0 radical (unpaired) electrons. The summed E-state index contributed by atoms with van der Waals surface area (Å²) < 4.78 is 5.94. The number of likely N-dealkylation sites (N-methyl/N-ethyl adjacent to an activating group) is 1. The lowest BCUT2D eigenvalue weighted by atomic mass is 10.1. The minimum atomic E-state index is 0.266. The Morgan fingerprint density at radius 2 is 2.29 bits per heavy atom. The van der Waals surface area contributed by atoms with Gasteiger partial charge in [-0.3, -0.25) is 4.90 Å². The summed E-state index contributed by atoms with van der Waals surface area (Å²) in [6, 6.07) is 6.80. The molecule has 1 aromatic rings. The van der Waals surface area contributed by atoms with E-state index in [4.69, 9.17) is 16.3 Å². The van der Waals surface area contributed by atoms with Crippen molar-refractivity contribution >= 4 is 11.6 Å². The third-order valence-electron chi connectivity index (χ3n) is 3.42. The predicted molar refractivity (Wildman–Crippen MR) is 72.1 cm³/mol. The first-order chi connectivity index (χ1) is 8.10. The lowest BCUT2D eigenvalue weighted by molar-refractivity contribution is 0.150. The quantitative estimate of drug-likeness (QED) is 0.765. The second-order valence-electron chi connectivity index (χ2n) is 5.00. The molecule has 0 saturated carbocycles. The van der Waals surface area contributed by atoms with Gasteiger partial charge in [0.1, 0.15) is 11.9 Å². The molecule has 0 N–H and O–H groups in total. The van der Waals surface area contributed by atoms with Crippen molar-refractivity contribution in [3.63, 3.8) is 0 Å². The number of aryl methyl sites for hydroxylation is 1. The van der Waals surface area contributed by atoms with E-state index in [0.717, 1.165) is 18.7 Å². The van der Waals surface area contributed by atoms with Gasteiger partial charge in [-0.2, -0.15) is 0 Å². The number of halogens is 1. The average molecular weight is 254 g/mol. The largest absolute Gasteiger partial charge is 0.488 e. The Balaban J connectivity index is 1.96. The maximum absolute atomic E-state index is 5.94. The normalized spacial score (nSPS) is 20.2. The molecule has 0 fully saturated rings. The SMILES string of the molecule is Cc1ccc2c(c1)CC(CN(C)C(C)CCl)O2. The molecule has 1 aliphatic rings. The third-order valence-corrected chi connectivity index (χ3v) is 3.87. The Kier molecular flexibility index (Phi) is 3.95. The van der Waals surface area contributed by atoms with Crippen LogP contribution in [-0.2, 0) is 6.42 Å². The Morgan fingerprint density at radius 1 is 1.53 bits per heavy atom. The van der Waals surface area contributed by atoms with Crippen molar-refractivity contribution in [2.45, 2.75) is 32.4 Å². The molecule has 0 aliphatic carbocycles. The van der Waals surface area contributed by atoms with Crippen LogP contribution in [0.25, 0.3) is 0 Å². The van der Waals surface area contributed by atoms with Crippen molar-refractivity contribution in [3.05, 3.63) is 29.3 Å². The van der Waals surface area contributed by atoms with Gasteiger partial charge in [-0.1, -0.05) is 17.7 Å². The van der Waals surface area contributed by atoms with E-state index in [0.29, 0.717) is 11.9 Å². The smallest absolute Gasteiger partial charge is 0.123 e. The highest BCUT2D eigenvalue weighted by molar-refractivity contribution is 6.18. The Morgan fingerprint density at radius 3 is 3.00 bits per heavy atom. The summed E-state index contributed by atoms with van der Waals surface area (Å²) in [4.78, 5) is 2.26. The van der Waals surface area contributed by atoms with Crippen LogP contribution in [0.15, 0.2) is 18.2 Å². The molecule has 1 heterocycles. The lowest BCUT2D eigenvalue weighted by Gasteiger charge is -2.25. The maximum Gasteiger partial charge on any atom is 0.123 e. The number of fused-ring (bicyclic) bond motifs is 1. The first-order valence-electron chi connectivity index (χ1n) is 6.12. The zero-order valence-electron chi connectivity index (χ0n) is 10.7. The monoisotopic (exact) mass is 253 g/mol. The van der Waals surface area contributed by atoms with Crippen LogP contribution in [0.4, 0.5) is 0 Å². The Bertz CT molecular complexity index is 394. The van der Waals surface area contributed by atoms with Crippen LogP contribution < -0.4 is 4.74 Å². The fourth-order valence-electron chi connectivity index (χ4n) is 2.17. The molecule has 2 rings (SSSR count). The Hall–Kier alpha value is -0.730. The van der Waals surface area contributed by atoms with Crippen molar-refractivity contribution in [2.75, 3.05) is 19.5 Å². The highest BCUT2D eigenvalue weighted by atomic mass is 35.5. The van der Waals surface area contributed by atoms with E-state index in [2.05, 4.69) is 44.0 Å². The fraction of sp³-hybridized carbons (Fsp3) is 0.571. The van der Waals surface area contributed by atoms with E-state index in [1.807, 2.05) is 0 Å². The number of hydrogen-bond acceptors (Lipinski definition) is 2. The summed E-state index contributed by atoms with van der Waals surface area (Å²) in [5.41, 5.74) is 2.64. The zero-order valence-corrected chi connectivity index (χ0v) is 11.5. The molecular formula is C14H20ClNO. The van der Waals surface area contributed by atoms with Gasteiger partial charge >= 0.3 is 0 Å². The van der Waals surface area contributed by atoms with Gasteiger partial charge < -0.3 is 4.74 Å². The number of ether oxygens (including phenoxy) is 1. The van der Waals surface area contributed by atoms with Gasteiger partial charge in [-0.15, -0.1) is 11.6 Å². The van der Waals surface area contributed by atoms with Crippen LogP contribution >= 0.6 is 11.6 Å². The van der Waals surface area contributed by atoms with Crippen LogP contribution in [0.5, 0.6) is 5.75 Å². The van der Waals surface area contributed by atoms with Crippen molar-refractivity contribution in [2.24, 2.45) is 0 Å². The minimum absolute atomic E-state index is 0.266. The van der Waals surface area contributed by atoms with Gasteiger partial charge in [0.15, 0.2) is 0 Å². The molecule has 94 valence electrons. The molecule has 2 unspecified atom stereocenters. The van der Waals surface area contributed by atoms with Crippen LogP contribution in [0, 0.1) is 6.92 Å². The molecule has 1 aliphatic heterocycles. The first-order valence-corrected chi connectivity index (χ1v) is 6.66. The molecule has 3 heteroatoms. The van der Waals surface area contributed by atoms with Crippen LogP contribution in [-0.4, -0.2) is 36.5 Å². The highest BCUT2D eigenvalue weighted by Crippen LogP contribution is 2.29. The lowest BCUT2D eigenvalue weighted by Crippen LogP contribution is -2.38. The van der Waals surface area contributed by atoms with Crippen LogP contribution in [0.2, 0.25) is 0 Å². The van der Waals surface area contributed by atoms with Crippen molar-refractivity contribution < 1.29 is 4.74 Å². The predicted octanol–water partition coefficient (Wildman–Crippen LogP) is 2.86. The van der Waals surface area contributed by atoms with E-state index in [1.165, 1.54) is 11.1 Å². The highest BCUT2D eigenvalue weighted by Gasteiger charge is 2.24. The topological polar surface area (TPSA) is 12.5 Å². The number of benzene rings is 1. The van der Waals surface area contributed by atoms with E-state index in [1.54, 1.807) is 0 Å².